The second kappa shape index (κ2) is 8.05. The summed E-state index contributed by atoms with van der Waals surface area (Å²) in [7, 11) is 0. The van der Waals surface area contributed by atoms with E-state index in [1.165, 1.54) is 0 Å². The van der Waals surface area contributed by atoms with Crippen molar-refractivity contribution in [1.29, 1.82) is 0 Å². The zero-order valence-electron chi connectivity index (χ0n) is 16.2. The van der Waals surface area contributed by atoms with Crippen molar-refractivity contribution in [3.8, 4) is 0 Å². The maximum Gasteiger partial charge on any atom is 0.322 e. The van der Waals surface area contributed by atoms with E-state index in [0.717, 1.165) is 43.4 Å². The lowest BCUT2D eigenvalue weighted by atomic mass is 9.82. The Morgan fingerprint density at radius 1 is 0.929 bits per heavy atom. The summed E-state index contributed by atoms with van der Waals surface area (Å²) in [5.74, 6) is -0.0264. The molecule has 2 aromatic rings. The third-order valence-electron chi connectivity index (χ3n) is 5.97. The number of benzene rings is 2. The van der Waals surface area contributed by atoms with Crippen LogP contribution in [0, 0.1) is 6.92 Å². The molecule has 4 rings (SSSR count). The molecule has 0 spiro atoms. The number of aryl methyl sites for hydroxylation is 1. The van der Waals surface area contributed by atoms with Gasteiger partial charge in [0.05, 0.1) is 0 Å². The minimum atomic E-state index is -0.0264. The van der Waals surface area contributed by atoms with Crippen LogP contribution in [0.5, 0.6) is 0 Å². The Balaban J connectivity index is 1.43. The average Bonchev–Trinajstić information content (AvgIpc) is 2.69. The molecule has 146 valence electrons. The van der Waals surface area contributed by atoms with Gasteiger partial charge in [0, 0.05) is 29.4 Å². The fraction of sp³-hybridized carbons (Fsp3) is 0.391. The maximum absolute atomic E-state index is 13.0. The Hall–Kier alpha value is -2.82. The van der Waals surface area contributed by atoms with Crippen LogP contribution in [0.2, 0.25) is 0 Å². The summed E-state index contributed by atoms with van der Waals surface area (Å²) in [6.07, 6.45) is 4.76. The maximum atomic E-state index is 13.0. The molecule has 2 N–H and O–H groups in total. The number of carbonyl (C=O) groups is 2. The first-order chi connectivity index (χ1) is 13.6. The molecular formula is C23H27N3O2. The van der Waals surface area contributed by atoms with Crippen LogP contribution < -0.4 is 10.6 Å². The molecule has 0 aliphatic carbocycles. The van der Waals surface area contributed by atoms with Crippen LogP contribution in [0.4, 0.5) is 10.5 Å². The zero-order valence-corrected chi connectivity index (χ0v) is 16.2. The largest absolute Gasteiger partial charge is 0.349 e. The first kappa shape index (κ1) is 18.5. The summed E-state index contributed by atoms with van der Waals surface area (Å²) in [5.41, 5.74) is 2.61. The number of urea groups is 1. The van der Waals surface area contributed by atoms with Crippen LogP contribution in [0.3, 0.4) is 0 Å². The molecule has 5 heteroatoms. The van der Waals surface area contributed by atoms with Crippen molar-refractivity contribution in [2.75, 3.05) is 5.32 Å². The number of hydrogen-bond acceptors (Lipinski definition) is 2. The standard InChI is InChI=1S/C23H27N3O2/c1-16-8-5-6-13-21(16)25-23(28)26-19-11-7-12-20(26)15-18(14-19)24-22(27)17-9-3-2-4-10-17/h2-6,8-10,13,18-20H,7,11-12,14-15H2,1H3,(H,24,27)(H,25,28)/t18?,19-,20+. The van der Waals surface area contributed by atoms with Crippen LogP contribution in [0.25, 0.3) is 0 Å². The van der Waals surface area contributed by atoms with E-state index in [2.05, 4.69) is 10.6 Å². The highest BCUT2D eigenvalue weighted by molar-refractivity contribution is 5.94. The number of amides is 3. The van der Waals surface area contributed by atoms with Crippen LogP contribution in [0.1, 0.15) is 48.0 Å². The van der Waals surface area contributed by atoms with Gasteiger partial charge in [-0.2, -0.15) is 0 Å². The number of nitrogens with one attached hydrogen (secondary N) is 2. The fourth-order valence-electron chi connectivity index (χ4n) is 4.58. The molecular weight excluding hydrogens is 350 g/mol. The summed E-state index contributed by atoms with van der Waals surface area (Å²) in [6.45, 7) is 2.00. The van der Waals surface area contributed by atoms with E-state index in [9.17, 15) is 9.59 Å². The van der Waals surface area contributed by atoms with E-state index in [4.69, 9.17) is 0 Å². The SMILES string of the molecule is Cc1ccccc1NC(=O)N1[C@@H]2CCC[C@H]1CC(NC(=O)c1ccccc1)C2. The van der Waals surface area contributed by atoms with Gasteiger partial charge in [0.25, 0.3) is 5.91 Å². The fourth-order valence-corrected chi connectivity index (χ4v) is 4.58. The molecule has 2 aliphatic rings. The number of anilines is 1. The molecule has 2 aromatic carbocycles. The zero-order chi connectivity index (χ0) is 19.5. The van der Waals surface area contributed by atoms with E-state index < -0.39 is 0 Å². The Morgan fingerprint density at radius 3 is 2.25 bits per heavy atom. The normalized spacial score (nSPS) is 23.8. The molecule has 5 nitrogen and oxygen atoms in total. The Labute approximate surface area is 166 Å². The Kier molecular flexibility index (Phi) is 5.33. The minimum Gasteiger partial charge on any atom is -0.349 e. The predicted octanol–water partition coefficient (Wildman–Crippen LogP) is 4.34. The van der Waals surface area contributed by atoms with E-state index in [0.29, 0.717) is 5.56 Å². The smallest absolute Gasteiger partial charge is 0.322 e. The summed E-state index contributed by atoms with van der Waals surface area (Å²) in [6, 6.07) is 17.6. The van der Waals surface area contributed by atoms with Crippen molar-refractivity contribution >= 4 is 17.6 Å². The highest BCUT2D eigenvalue weighted by Crippen LogP contribution is 2.35. The molecule has 3 amide bonds. The lowest BCUT2D eigenvalue weighted by Gasteiger charge is -2.48. The highest BCUT2D eigenvalue weighted by atomic mass is 16.2. The summed E-state index contributed by atoms with van der Waals surface area (Å²) >= 11 is 0. The van der Waals surface area contributed by atoms with Gasteiger partial charge in [0.2, 0.25) is 0 Å². The average molecular weight is 377 g/mol. The van der Waals surface area contributed by atoms with Gasteiger partial charge in [-0.1, -0.05) is 36.4 Å². The molecule has 2 fully saturated rings. The van der Waals surface area contributed by atoms with Gasteiger partial charge in [-0.15, -0.1) is 0 Å². The van der Waals surface area contributed by atoms with Gasteiger partial charge < -0.3 is 15.5 Å². The van der Waals surface area contributed by atoms with Crippen molar-refractivity contribution < 1.29 is 9.59 Å². The van der Waals surface area contributed by atoms with Gasteiger partial charge >= 0.3 is 6.03 Å². The van der Waals surface area contributed by atoms with Gasteiger partial charge in [0.1, 0.15) is 0 Å². The molecule has 2 heterocycles. The number of carbonyl (C=O) groups excluding carboxylic acids is 2. The molecule has 2 bridgehead atoms. The number of rotatable bonds is 3. The minimum absolute atomic E-state index is 0.0168. The highest BCUT2D eigenvalue weighted by Gasteiger charge is 2.41. The molecule has 2 aliphatic heterocycles. The third kappa shape index (κ3) is 3.88. The first-order valence-electron chi connectivity index (χ1n) is 10.1. The first-order valence-corrected chi connectivity index (χ1v) is 10.1. The van der Waals surface area contributed by atoms with Gasteiger partial charge in [-0.3, -0.25) is 4.79 Å². The van der Waals surface area contributed by atoms with Crippen molar-refractivity contribution in [2.24, 2.45) is 0 Å². The van der Waals surface area contributed by atoms with Gasteiger partial charge in [-0.05, 0) is 62.8 Å². The lowest BCUT2D eigenvalue weighted by molar-refractivity contribution is 0.0577. The van der Waals surface area contributed by atoms with Crippen LogP contribution in [0.15, 0.2) is 54.6 Å². The predicted molar refractivity (Wildman–Crippen MR) is 110 cm³/mol. The van der Waals surface area contributed by atoms with Crippen molar-refractivity contribution in [1.82, 2.24) is 10.2 Å². The van der Waals surface area contributed by atoms with Crippen molar-refractivity contribution in [3.63, 3.8) is 0 Å². The van der Waals surface area contributed by atoms with Gasteiger partial charge in [-0.25, -0.2) is 4.79 Å². The van der Waals surface area contributed by atoms with Gasteiger partial charge in [0.15, 0.2) is 0 Å². The summed E-state index contributed by atoms with van der Waals surface area (Å²) in [5, 5.41) is 6.27. The second-order valence-corrected chi connectivity index (χ2v) is 7.90. The number of nitrogens with zero attached hydrogens (tertiary/aromatic N) is 1. The Bertz CT molecular complexity index is 838. The van der Waals surface area contributed by atoms with E-state index in [1.54, 1.807) is 0 Å². The number of para-hydroxylation sites is 1. The van der Waals surface area contributed by atoms with Crippen molar-refractivity contribution in [3.05, 3.63) is 65.7 Å². The van der Waals surface area contributed by atoms with E-state index in [1.807, 2.05) is 66.4 Å². The summed E-state index contributed by atoms with van der Waals surface area (Å²) in [4.78, 5) is 27.6. The quantitative estimate of drug-likeness (QED) is 0.836. The third-order valence-corrected chi connectivity index (χ3v) is 5.97. The number of piperidine rings is 2. The van der Waals surface area contributed by atoms with E-state index >= 15 is 0 Å². The molecule has 2 saturated heterocycles. The molecule has 0 radical (unpaired) electrons. The topological polar surface area (TPSA) is 61.4 Å². The molecule has 3 atom stereocenters. The molecule has 0 saturated carbocycles. The molecule has 0 aromatic heterocycles. The van der Waals surface area contributed by atoms with Crippen LogP contribution in [-0.2, 0) is 0 Å². The second-order valence-electron chi connectivity index (χ2n) is 7.90. The van der Waals surface area contributed by atoms with E-state index in [-0.39, 0.29) is 30.1 Å². The Morgan fingerprint density at radius 2 is 1.57 bits per heavy atom. The molecule has 1 unspecified atom stereocenters. The molecule has 28 heavy (non-hydrogen) atoms. The lowest BCUT2D eigenvalue weighted by Crippen LogP contribution is -2.59. The monoisotopic (exact) mass is 377 g/mol. The van der Waals surface area contributed by atoms with Crippen LogP contribution in [-0.4, -0.2) is 35.0 Å². The van der Waals surface area contributed by atoms with Crippen LogP contribution >= 0.6 is 0 Å². The van der Waals surface area contributed by atoms with Crippen molar-refractivity contribution in [2.45, 2.75) is 57.2 Å². The summed E-state index contributed by atoms with van der Waals surface area (Å²) < 4.78 is 0. The number of hydrogen-bond donors (Lipinski definition) is 2. The number of fused-ring (bicyclic) bond motifs is 2.